The second kappa shape index (κ2) is 14.0. The minimum absolute atomic E-state index is 0.0521. The van der Waals surface area contributed by atoms with Crippen molar-refractivity contribution >= 4 is 11.6 Å². The minimum atomic E-state index is -0.578. The molecule has 3 aromatic rings. The van der Waals surface area contributed by atoms with Gasteiger partial charge in [-0.15, -0.1) is 0 Å². The summed E-state index contributed by atoms with van der Waals surface area (Å²) in [5.74, 6) is 1.99. The lowest BCUT2D eigenvalue weighted by molar-refractivity contribution is -0.0328. The number of nitrogens with one attached hydrogen (secondary N) is 1. The van der Waals surface area contributed by atoms with Gasteiger partial charge in [-0.2, -0.15) is 0 Å². The summed E-state index contributed by atoms with van der Waals surface area (Å²) < 4.78 is 23.6. The fourth-order valence-electron chi connectivity index (χ4n) is 5.54. The standard InChI is InChI=1S/C33H41N3O6/c1-35(2)33(38)25-8-12-27(13-9-25)42-26-10-6-24(7-11-26)32-29(37)20-34-21-31(32)41-22-23-5-14-30-28(19-23)36(16-18-40-30)15-4-17-39-3/h5-14,19,29,31-32,34,37H,4,15-18,20-22H2,1-3H3. The fraction of sp³-hybridized carbons (Fsp3) is 0.424. The predicted octanol–water partition coefficient (Wildman–Crippen LogP) is 4.05. The molecule has 5 rings (SSSR count). The molecule has 1 amide bonds. The van der Waals surface area contributed by atoms with Crippen molar-refractivity contribution in [2.45, 2.75) is 31.2 Å². The van der Waals surface area contributed by atoms with E-state index in [0.717, 1.165) is 48.7 Å². The average Bonchev–Trinajstić information content (AvgIpc) is 3.01. The SMILES string of the molecule is COCCCN1CCOc2ccc(COC3CNCC(O)C3c3ccc(Oc4ccc(C(=O)N(C)C)cc4)cc3)cc21. The van der Waals surface area contributed by atoms with Crippen LogP contribution in [0.5, 0.6) is 17.2 Å². The highest BCUT2D eigenvalue weighted by atomic mass is 16.5. The van der Waals surface area contributed by atoms with E-state index in [2.05, 4.69) is 16.3 Å². The monoisotopic (exact) mass is 575 g/mol. The van der Waals surface area contributed by atoms with Gasteiger partial charge in [-0.1, -0.05) is 18.2 Å². The molecule has 42 heavy (non-hydrogen) atoms. The number of β-amino-alcohol motifs (C(OH)–C–C–N with tert-alkyl or cyclic N) is 1. The molecule has 2 aliphatic rings. The first-order chi connectivity index (χ1) is 20.4. The highest BCUT2D eigenvalue weighted by Gasteiger charge is 2.34. The van der Waals surface area contributed by atoms with Crippen LogP contribution < -0.4 is 19.7 Å². The Hall–Kier alpha value is -3.63. The normalized spacial score (nSPS) is 20.0. The van der Waals surface area contributed by atoms with Crippen molar-refractivity contribution in [3.8, 4) is 17.2 Å². The number of rotatable bonds is 11. The molecule has 0 aliphatic carbocycles. The largest absolute Gasteiger partial charge is 0.490 e. The zero-order valence-corrected chi connectivity index (χ0v) is 24.6. The van der Waals surface area contributed by atoms with E-state index in [1.54, 1.807) is 50.4 Å². The van der Waals surface area contributed by atoms with Crippen molar-refractivity contribution in [3.05, 3.63) is 83.4 Å². The van der Waals surface area contributed by atoms with Crippen molar-refractivity contribution in [1.29, 1.82) is 0 Å². The molecular formula is C33H41N3O6. The maximum absolute atomic E-state index is 12.1. The Balaban J connectivity index is 1.23. The molecule has 2 N–H and O–H groups in total. The van der Waals surface area contributed by atoms with Crippen molar-refractivity contribution in [3.63, 3.8) is 0 Å². The van der Waals surface area contributed by atoms with Crippen molar-refractivity contribution in [2.24, 2.45) is 0 Å². The maximum atomic E-state index is 12.1. The number of carbonyl (C=O) groups is 1. The summed E-state index contributed by atoms with van der Waals surface area (Å²) in [4.78, 5) is 16.0. The van der Waals surface area contributed by atoms with E-state index in [4.69, 9.17) is 18.9 Å². The van der Waals surface area contributed by atoms with Crippen molar-refractivity contribution < 1.29 is 28.8 Å². The zero-order chi connectivity index (χ0) is 29.5. The molecule has 3 aromatic carbocycles. The highest BCUT2D eigenvalue weighted by Crippen LogP contribution is 2.34. The third-order valence-electron chi connectivity index (χ3n) is 7.75. The summed E-state index contributed by atoms with van der Waals surface area (Å²) in [6.45, 7) is 4.76. The number of aliphatic hydroxyl groups excluding tert-OH is 1. The number of hydrogen-bond donors (Lipinski definition) is 2. The number of amides is 1. The molecule has 0 saturated carbocycles. The van der Waals surface area contributed by atoms with Crippen LogP contribution in [0.4, 0.5) is 5.69 Å². The van der Waals surface area contributed by atoms with Crippen LogP contribution in [-0.2, 0) is 16.1 Å². The molecule has 1 fully saturated rings. The Kier molecular flexibility index (Phi) is 9.97. The number of piperidine rings is 1. The molecular weight excluding hydrogens is 534 g/mol. The van der Waals surface area contributed by atoms with Crippen molar-refractivity contribution in [1.82, 2.24) is 10.2 Å². The molecule has 0 spiro atoms. The number of carbonyl (C=O) groups excluding carboxylic acids is 1. The lowest BCUT2D eigenvalue weighted by Crippen LogP contribution is -2.49. The number of nitrogens with zero attached hydrogens (tertiary/aromatic N) is 2. The van der Waals surface area contributed by atoms with E-state index in [0.29, 0.717) is 43.4 Å². The molecule has 9 nitrogen and oxygen atoms in total. The van der Waals surface area contributed by atoms with Gasteiger partial charge in [0.05, 0.1) is 31.0 Å². The Labute approximate surface area is 247 Å². The number of fused-ring (bicyclic) bond motifs is 1. The maximum Gasteiger partial charge on any atom is 0.253 e. The zero-order valence-electron chi connectivity index (χ0n) is 24.6. The Morgan fingerprint density at radius 2 is 1.79 bits per heavy atom. The lowest BCUT2D eigenvalue weighted by Gasteiger charge is -2.36. The number of anilines is 1. The van der Waals surface area contributed by atoms with Crippen LogP contribution in [0.15, 0.2) is 66.7 Å². The van der Waals surface area contributed by atoms with E-state index >= 15 is 0 Å². The predicted molar refractivity (Wildman–Crippen MR) is 162 cm³/mol. The third-order valence-corrected chi connectivity index (χ3v) is 7.75. The van der Waals surface area contributed by atoms with Gasteiger partial charge in [0.1, 0.15) is 23.9 Å². The number of ether oxygens (including phenoxy) is 4. The average molecular weight is 576 g/mol. The summed E-state index contributed by atoms with van der Waals surface area (Å²) >= 11 is 0. The molecule has 3 atom stereocenters. The first-order valence-electron chi connectivity index (χ1n) is 14.5. The second-order valence-corrected chi connectivity index (χ2v) is 11.0. The molecule has 9 heteroatoms. The van der Waals surface area contributed by atoms with Crippen LogP contribution in [0.25, 0.3) is 0 Å². The van der Waals surface area contributed by atoms with Gasteiger partial charge in [0.2, 0.25) is 0 Å². The number of benzene rings is 3. The second-order valence-electron chi connectivity index (χ2n) is 11.0. The minimum Gasteiger partial charge on any atom is -0.490 e. The summed E-state index contributed by atoms with van der Waals surface area (Å²) in [5.41, 5.74) is 3.76. The smallest absolute Gasteiger partial charge is 0.253 e. The highest BCUT2D eigenvalue weighted by molar-refractivity contribution is 5.93. The lowest BCUT2D eigenvalue weighted by atomic mass is 9.85. The third kappa shape index (κ3) is 7.22. The van der Waals surface area contributed by atoms with Crippen LogP contribution >= 0.6 is 0 Å². The van der Waals surface area contributed by atoms with Gasteiger partial charge in [-0.3, -0.25) is 4.79 Å². The molecule has 1 saturated heterocycles. The number of methoxy groups -OCH3 is 1. The molecule has 224 valence electrons. The molecule has 0 aromatic heterocycles. The first-order valence-corrected chi connectivity index (χ1v) is 14.5. The summed E-state index contributed by atoms with van der Waals surface area (Å²) in [5, 5.41) is 14.3. The Morgan fingerprint density at radius 3 is 2.50 bits per heavy atom. The summed E-state index contributed by atoms with van der Waals surface area (Å²) in [6.07, 6.45) is 0.176. The van der Waals surface area contributed by atoms with E-state index in [9.17, 15) is 9.90 Å². The van der Waals surface area contributed by atoms with Crippen LogP contribution in [0, 0.1) is 0 Å². The van der Waals surface area contributed by atoms with Gasteiger partial charge < -0.3 is 39.2 Å². The van der Waals surface area contributed by atoms with Crippen molar-refractivity contribution in [2.75, 3.05) is 65.5 Å². The first kappa shape index (κ1) is 29.8. The number of aliphatic hydroxyl groups is 1. The van der Waals surface area contributed by atoms with E-state index in [-0.39, 0.29) is 17.9 Å². The Morgan fingerprint density at radius 1 is 1.05 bits per heavy atom. The van der Waals surface area contributed by atoms with Gasteiger partial charge in [0.15, 0.2) is 0 Å². The quantitative estimate of drug-likeness (QED) is 0.331. The fourth-order valence-corrected chi connectivity index (χ4v) is 5.54. The van der Waals surface area contributed by atoms with E-state index in [1.807, 2.05) is 36.4 Å². The van der Waals surface area contributed by atoms with Gasteiger partial charge in [-0.05, 0) is 66.1 Å². The van der Waals surface area contributed by atoms with E-state index < -0.39 is 6.10 Å². The molecule has 0 bridgehead atoms. The summed E-state index contributed by atoms with van der Waals surface area (Å²) in [6, 6.07) is 21.1. The van der Waals surface area contributed by atoms with E-state index in [1.165, 1.54) is 0 Å². The molecule has 3 unspecified atom stereocenters. The van der Waals surface area contributed by atoms with Gasteiger partial charge in [0.25, 0.3) is 5.91 Å². The molecule has 2 aliphatic heterocycles. The van der Waals surface area contributed by atoms with Gasteiger partial charge >= 0.3 is 0 Å². The topological polar surface area (TPSA) is 92.7 Å². The summed E-state index contributed by atoms with van der Waals surface area (Å²) in [7, 11) is 5.18. The van der Waals surface area contributed by atoms with Gasteiger partial charge in [0, 0.05) is 58.9 Å². The molecule has 0 radical (unpaired) electrons. The van der Waals surface area contributed by atoms with Crippen LogP contribution in [0.3, 0.4) is 0 Å². The van der Waals surface area contributed by atoms with Gasteiger partial charge in [-0.25, -0.2) is 0 Å². The van der Waals surface area contributed by atoms with Crippen LogP contribution in [0.1, 0.15) is 33.8 Å². The Bertz CT molecular complexity index is 1310. The molecule has 2 heterocycles. The number of hydrogen-bond acceptors (Lipinski definition) is 8. The van der Waals surface area contributed by atoms with Crippen LogP contribution in [0.2, 0.25) is 0 Å². The van der Waals surface area contributed by atoms with Crippen LogP contribution in [-0.4, -0.2) is 88.7 Å².